The van der Waals surface area contributed by atoms with Crippen molar-refractivity contribution in [2.75, 3.05) is 0 Å². The Morgan fingerprint density at radius 1 is 1.57 bits per heavy atom. The Bertz CT molecular complexity index is 329. The van der Waals surface area contributed by atoms with Crippen LogP contribution < -0.4 is 0 Å². The first-order valence-electron chi connectivity index (χ1n) is 5.07. The van der Waals surface area contributed by atoms with Gasteiger partial charge in [0.25, 0.3) is 0 Å². The first-order valence-corrected chi connectivity index (χ1v) is 5.07. The maximum atomic E-state index is 10.7. The van der Waals surface area contributed by atoms with Crippen LogP contribution in [0, 0.1) is 0 Å². The van der Waals surface area contributed by atoms with Gasteiger partial charge in [-0.05, 0) is 19.8 Å². The monoisotopic (exact) mass is 194 g/mol. The smallest absolute Gasteiger partial charge is 0.227 e. The highest BCUT2D eigenvalue weighted by molar-refractivity contribution is 5.75. The first-order chi connectivity index (χ1) is 6.75. The Morgan fingerprint density at radius 3 is 2.93 bits per heavy atom. The number of hydrogen-bond acceptors (Lipinski definition) is 4. The van der Waals surface area contributed by atoms with Crippen LogP contribution in [-0.2, 0) is 11.2 Å². The van der Waals surface area contributed by atoms with Crippen LogP contribution in [0.3, 0.4) is 0 Å². The minimum Gasteiger partial charge on any atom is -0.339 e. The molecule has 0 unspecified atom stereocenters. The SMILES string of the molecule is CC(=O)CCc1nc(C2CCC2)no1. The van der Waals surface area contributed by atoms with Gasteiger partial charge in [-0.1, -0.05) is 11.6 Å². The molecule has 0 bridgehead atoms. The van der Waals surface area contributed by atoms with Crippen molar-refractivity contribution in [1.82, 2.24) is 10.1 Å². The molecule has 1 aromatic heterocycles. The van der Waals surface area contributed by atoms with Gasteiger partial charge in [-0.3, -0.25) is 0 Å². The number of carbonyl (C=O) groups excluding carboxylic acids is 1. The van der Waals surface area contributed by atoms with Crippen LogP contribution in [0.5, 0.6) is 0 Å². The number of aromatic nitrogens is 2. The Morgan fingerprint density at radius 2 is 2.36 bits per heavy atom. The summed E-state index contributed by atoms with van der Waals surface area (Å²) in [6.07, 6.45) is 4.68. The highest BCUT2D eigenvalue weighted by atomic mass is 16.5. The number of Topliss-reactive ketones (excluding diaryl/α,β-unsaturated/α-hetero) is 1. The number of aryl methyl sites for hydroxylation is 1. The average Bonchev–Trinajstić information content (AvgIpc) is 2.46. The molecule has 0 aliphatic heterocycles. The summed E-state index contributed by atoms with van der Waals surface area (Å²) < 4.78 is 5.06. The van der Waals surface area contributed by atoms with Crippen LogP contribution in [0.4, 0.5) is 0 Å². The molecule has 0 atom stereocenters. The van der Waals surface area contributed by atoms with Crippen LogP contribution in [0.2, 0.25) is 0 Å². The van der Waals surface area contributed by atoms with Crippen molar-refractivity contribution in [3.05, 3.63) is 11.7 Å². The van der Waals surface area contributed by atoms with Gasteiger partial charge in [0.05, 0.1) is 0 Å². The van der Waals surface area contributed by atoms with Crippen molar-refractivity contribution in [2.24, 2.45) is 0 Å². The summed E-state index contributed by atoms with van der Waals surface area (Å²) in [5.74, 6) is 2.09. The van der Waals surface area contributed by atoms with Crippen molar-refractivity contribution < 1.29 is 9.32 Å². The Hall–Kier alpha value is -1.19. The molecule has 4 heteroatoms. The fourth-order valence-corrected chi connectivity index (χ4v) is 1.48. The van der Waals surface area contributed by atoms with Gasteiger partial charge in [0, 0.05) is 18.8 Å². The van der Waals surface area contributed by atoms with Gasteiger partial charge in [-0.15, -0.1) is 0 Å². The third-order valence-electron chi connectivity index (χ3n) is 2.65. The molecular weight excluding hydrogens is 180 g/mol. The standard InChI is InChI=1S/C10H14N2O2/c1-7(13)5-6-9-11-10(12-14-9)8-3-2-4-8/h8H,2-6H2,1H3. The number of ketones is 1. The number of carbonyl (C=O) groups is 1. The second-order valence-electron chi connectivity index (χ2n) is 3.88. The molecule has 1 heterocycles. The Balaban J connectivity index is 1.92. The fourth-order valence-electron chi connectivity index (χ4n) is 1.48. The molecule has 0 amide bonds. The fraction of sp³-hybridized carbons (Fsp3) is 0.700. The van der Waals surface area contributed by atoms with E-state index in [2.05, 4.69) is 10.1 Å². The summed E-state index contributed by atoms with van der Waals surface area (Å²) in [5.41, 5.74) is 0. The van der Waals surface area contributed by atoms with Crippen molar-refractivity contribution in [2.45, 2.75) is 44.9 Å². The van der Waals surface area contributed by atoms with Crippen molar-refractivity contribution in [3.63, 3.8) is 0 Å². The molecule has 4 nitrogen and oxygen atoms in total. The average molecular weight is 194 g/mol. The maximum absolute atomic E-state index is 10.7. The molecule has 2 rings (SSSR count). The third-order valence-corrected chi connectivity index (χ3v) is 2.65. The number of hydrogen-bond donors (Lipinski definition) is 0. The van der Waals surface area contributed by atoms with Gasteiger partial charge in [0.15, 0.2) is 5.82 Å². The molecule has 1 saturated carbocycles. The summed E-state index contributed by atoms with van der Waals surface area (Å²) in [5, 5.41) is 3.92. The van der Waals surface area contributed by atoms with E-state index in [1.807, 2.05) is 0 Å². The summed E-state index contributed by atoms with van der Waals surface area (Å²) in [6, 6.07) is 0. The minimum absolute atomic E-state index is 0.161. The van der Waals surface area contributed by atoms with E-state index in [-0.39, 0.29) is 5.78 Å². The van der Waals surface area contributed by atoms with E-state index < -0.39 is 0 Å². The molecule has 0 saturated heterocycles. The second-order valence-corrected chi connectivity index (χ2v) is 3.88. The van der Waals surface area contributed by atoms with Crippen LogP contribution in [-0.4, -0.2) is 15.9 Å². The summed E-state index contributed by atoms with van der Waals surface area (Å²) in [7, 11) is 0. The van der Waals surface area contributed by atoms with Gasteiger partial charge in [0.2, 0.25) is 5.89 Å². The normalized spacial score (nSPS) is 16.6. The zero-order valence-electron chi connectivity index (χ0n) is 8.32. The zero-order valence-corrected chi connectivity index (χ0v) is 8.32. The molecular formula is C10H14N2O2. The lowest BCUT2D eigenvalue weighted by Gasteiger charge is -2.20. The molecule has 0 aromatic carbocycles. The molecule has 0 N–H and O–H groups in total. The van der Waals surface area contributed by atoms with E-state index in [1.54, 1.807) is 6.92 Å². The molecule has 1 aromatic rings. The number of rotatable bonds is 4. The molecule has 76 valence electrons. The highest BCUT2D eigenvalue weighted by Gasteiger charge is 2.24. The lowest BCUT2D eigenvalue weighted by Crippen LogP contribution is -2.10. The van der Waals surface area contributed by atoms with E-state index in [0.29, 0.717) is 24.7 Å². The third kappa shape index (κ3) is 2.00. The lowest BCUT2D eigenvalue weighted by molar-refractivity contribution is -0.117. The number of nitrogens with zero attached hydrogens (tertiary/aromatic N) is 2. The zero-order chi connectivity index (χ0) is 9.97. The molecule has 1 aliphatic carbocycles. The van der Waals surface area contributed by atoms with E-state index in [0.717, 1.165) is 5.82 Å². The molecule has 14 heavy (non-hydrogen) atoms. The molecule has 1 aliphatic rings. The van der Waals surface area contributed by atoms with Crippen molar-refractivity contribution >= 4 is 5.78 Å². The van der Waals surface area contributed by atoms with E-state index in [9.17, 15) is 4.79 Å². The van der Waals surface area contributed by atoms with Gasteiger partial charge in [-0.2, -0.15) is 4.98 Å². The Labute approximate surface area is 82.7 Å². The largest absolute Gasteiger partial charge is 0.339 e. The van der Waals surface area contributed by atoms with E-state index >= 15 is 0 Å². The van der Waals surface area contributed by atoms with E-state index in [1.165, 1.54) is 19.3 Å². The van der Waals surface area contributed by atoms with Crippen LogP contribution in [0.15, 0.2) is 4.52 Å². The molecule has 0 spiro atoms. The summed E-state index contributed by atoms with van der Waals surface area (Å²) in [6.45, 7) is 1.57. The van der Waals surface area contributed by atoms with Crippen molar-refractivity contribution in [1.29, 1.82) is 0 Å². The van der Waals surface area contributed by atoms with Crippen molar-refractivity contribution in [3.8, 4) is 0 Å². The van der Waals surface area contributed by atoms with Gasteiger partial charge in [-0.25, -0.2) is 0 Å². The first kappa shape index (κ1) is 9.37. The molecule has 0 radical (unpaired) electrons. The Kier molecular flexibility index (Phi) is 2.61. The predicted octanol–water partition coefficient (Wildman–Crippen LogP) is 1.86. The summed E-state index contributed by atoms with van der Waals surface area (Å²) >= 11 is 0. The van der Waals surface area contributed by atoms with Crippen LogP contribution >= 0.6 is 0 Å². The lowest BCUT2D eigenvalue weighted by atomic mass is 9.85. The van der Waals surface area contributed by atoms with Gasteiger partial charge < -0.3 is 9.32 Å². The predicted molar refractivity (Wildman–Crippen MR) is 49.9 cm³/mol. The van der Waals surface area contributed by atoms with Gasteiger partial charge >= 0.3 is 0 Å². The van der Waals surface area contributed by atoms with Crippen LogP contribution in [0.1, 0.15) is 50.2 Å². The van der Waals surface area contributed by atoms with E-state index in [4.69, 9.17) is 4.52 Å². The van der Waals surface area contributed by atoms with Crippen LogP contribution in [0.25, 0.3) is 0 Å². The minimum atomic E-state index is 0.161. The highest BCUT2D eigenvalue weighted by Crippen LogP contribution is 2.34. The topological polar surface area (TPSA) is 56.0 Å². The van der Waals surface area contributed by atoms with Gasteiger partial charge in [0.1, 0.15) is 5.78 Å². The quantitative estimate of drug-likeness (QED) is 0.734. The molecule has 1 fully saturated rings. The maximum Gasteiger partial charge on any atom is 0.227 e. The second kappa shape index (κ2) is 3.90. The summed E-state index contributed by atoms with van der Waals surface area (Å²) in [4.78, 5) is 15.0.